The zero-order valence-corrected chi connectivity index (χ0v) is 11.6. The fourth-order valence-corrected chi connectivity index (χ4v) is 2.11. The largest absolute Gasteiger partial charge is 0.446 e. The van der Waals surface area contributed by atoms with Crippen molar-refractivity contribution in [2.45, 2.75) is 38.2 Å². The number of hydrogen-bond donors (Lipinski definition) is 4. The Bertz CT molecular complexity index is 623. The summed E-state index contributed by atoms with van der Waals surface area (Å²) >= 11 is 0. The minimum Gasteiger partial charge on any atom is -0.446 e. The molecule has 0 bridgehead atoms. The molecule has 1 atom stereocenters. The maximum Gasteiger partial charge on any atom is 0.257 e. The molecule has 2 aromatic rings. The maximum absolute atomic E-state index is 11.7. The second-order valence-corrected chi connectivity index (χ2v) is 4.80. The predicted molar refractivity (Wildman–Crippen MR) is 77.3 cm³/mol. The Labute approximate surface area is 121 Å². The standard InChI is InChI=1S/C13H19N5O3/c14-10-8(11(20)18-13(15)17-10)4-2-1-3-5-9(19)12-16-6-7-21-12/h6-7,9,19H,1-5H2,(H5,14,15,17,18,20). The van der Waals surface area contributed by atoms with Crippen LogP contribution in [-0.2, 0) is 6.42 Å². The molecule has 0 aliphatic carbocycles. The summed E-state index contributed by atoms with van der Waals surface area (Å²) in [4.78, 5) is 21.8. The molecule has 2 aromatic heterocycles. The lowest BCUT2D eigenvalue weighted by atomic mass is 10.1. The summed E-state index contributed by atoms with van der Waals surface area (Å²) in [7, 11) is 0. The van der Waals surface area contributed by atoms with Gasteiger partial charge in [0.25, 0.3) is 5.56 Å². The van der Waals surface area contributed by atoms with E-state index in [2.05, 4.69) is 15.0 Å². The normalized spacial score (nSPS) is 12.4. The lowest BCUT2D eigenvalue weighted by Crippen LogP contribution is -2.19. The molecule has 0 saturated heterocycles. The average molecular weight is 293 g/mol. The third-order valence-electron chi connectivity index (χ3n) is 3.21. The lowest BCUT2D eigenvalue weighted by molar-refractivity contribution is 0.131. The minimum absolute atomic E-state index is 0.0234. The van der Waals surface area contributed by atoms with Crippen LogP contribution in [0, 0.1) is 0 Å². The van der Waals surface area contributed by atoms with Crippen LogP contribution in [0.4, 0.5) is 11.8 Å². The molecule has 2 heterocycles. The quantitative estimate of drug-likeness (QED) is 0.551. The molecule has 114 valence electrons. The van der Waals surface area contributed by atoms with Crippen molar-refractivity contribution >= 4 is 11.8 Å². The van der Waals surface area contributed by atoms with E-state index in [1.165, 1.54) is 12.5 Å². The first-order valence-corrected chi connectivity index (χ1v) is 6.79. The number of rotatable bonds is 7. The van der Waals surface area contributed by atoms with Crippen LogP contribution < -0.4 is 17.0 Å². The SMILES string of the molecule is Nc1nc(N)c(CCCCCC(O)c2ncco2)c(=O)[nH]1. The molecule has 0 aliphatic rings. The number of nitrogens with zero attached hydrogens (tertiary/aromatic N) is 2. The monoisotopic (exact) mass is 293 g/mol. The van der Waals surface area contributed by atoms with E-state index in [0.717, 1.165) is 19.3 Å². The zero-order chi connectivity index (χ0) is 15.2. The van der Waals surface area contributed by atoms with Gasteiger partial charge in [-0.3, -0.25) is 9.78 Å². The van der Waals surface area contributed by atoms with E-state index in [1.54, 1.807) is 0 Å². The number of aromatic amines is 1. The number of unbranched alkanes of at least 4 members (excludes halogenated alkanes) is 2. The van der Waals surface area contributed by atoms with Crippen LogP contribution in [-0.4, -0.2) is 20.1 Å². The summed E-state index contributed by atoms with van der Waals surface area (Å²) in [6, 6.07) is 0. The van der Waals surface area contributed by atoms with E-state index in [1.807, 2.05) is 0 Å². The average Bonchev–Trinajstić information content (AvgIpc) is 2.94. The fraction of sp³-hybridized carbons (Fsp3) is 0.462. The van der Waals surface area contributed by atoms with Gasteiger partial charge in [-0.05, 0) is 19.3 Å². The molecule has 0 fully saturated rings. The van der Waals surface area contributed by atoms with Gasteiger partial charge in [-0.1, -0.05) is 12.8 Å². The number of oxazole rings is 1. The Balaban J connectivity index is 1.74. The van der Waals surface area contributed by atoms with Gasteiger partial charge >= 0.3 is 0 Å². The summed E-state index contributed by atoms with van der Waals surface area (Å²) in [5.41, 5.74) is 11.2. The van der Waals surface area contributed by atoms with Gasteiger partial charge in [-0.25, -0.2) is 4.98 Å². The number of aliphatic hydroxyl groups is 1. The van der Waals surface area contributed by atoms with Crippen molar-refractivity contribution in [1.82, 2.24) is 15.0 Å². The van der Waals surface area contributed by atoms with Crippen molar-refractivity contribution in [2.24, 2.45) is 0 Å². The fourth-order valence-electron chi connectivity index (χ4n) is 2.11. The summed E-state index contributed by atoms with van der Waals surface area (Å²) < 4.78 is 5.02. The first-order chi connectivity index (χ1) is 10.1. The van der Waals surface area contributed by atoms with Gasteiger partial charge in [-0.2, -0.15) is 4.98 Å². The number of hydrogen-bond acceptors (Lipinski definition) is 7. The van der Waals surface area contributed by atoms with Gasteiger partial charge < -0.3 is 21.0 Å². The van der Waals surface area contributed by atoms with E-state index in [4.69, 9.17) is 15.9 Å². The maximum atomic E-state index is 11.7. The van der Waals surface area contributed by atoms with Gasteiger partial charge in [0.05, 0.1) is 11.8 Å². The first kappa shape index (κ1) is 15.0. The van der Waals surface area contributed by atoms with Gasteiger partial charge in [0.1, 0.15) is 18.2 Å². The second kappa shape index (κ2) is 6.89. The van der Waals surface area contributed by atoms with Crippen molar-refractivity contribution in [3.8, 4) is 0 Å². The molecule has 8 heteroatoms. The summed E-state index contributed by atoms with van der Waals surface area (Å²) in [5.74, 6) is 0.532. The van der Waals surface area contributed by atoms with E-state index >= 15 is 0 Å². The smallest absolute Gasteiger partial charge is 0.257 e. The highest BCUT2D eigenvalue weighted by atomic mass is 16.4. The van der Waals surface area contributed by atoms with E-state index in [0.29, 0.717) is 24.3 Å². The van der Waals surface area contributed by atoms with Crippen molar-refractivity contribution in [3.05, 3.63) is 34.3 Å². The van der Waals surface area contributed by atoms with Gasteiger partial charge in [0, 0.05) is 0 Å². The highest BCUT2D eigenvalue weighted by Gasteiger charge is 2.12. The Morgan fingerprint density at radius 2 is 2.14 bits per heavy atom. The van der Waals surface area contributed by atoms with Crippen molar-refractivity contribution in [2.75, 3.05) is 11.5 Å². The summed E-state index contributed by atoms with van der Waals surface area (Å²) in [6.07, 6.45) is 5.76. The topological polar surface area (TPSA) is 144 Å². The number of nitrogens with two attached hydrogens (primary N) is 2. The first-order valence-electron chi connectivity index (χ1n) is 6.79. The summed E-state index contributed by atoms with van der Waals surface area (Å²) in [6.45, 7) is 0. The minimum atomic E-state index is -0.688. The Morgan fingerprint density at radius 3 is 2.81 bits per heavy atom. The van der Waals surface area contributed by atoms with Crippen LogP contribution in [0.5, 0.6) is 0 Å². The number of aliphatic hydroxyl groups excluding tert-OH is 1. The molecule has 8 nitrogen and oxygen atoms in total. The highest BCUT2D eigenvalue weighted by molar-refractivity contribution is 5.41. The molecule has 6 N–H and O–H groups in total. The molecule has 0 radical (unpaired) electrons. The molecule has 2 rings (SSSR count). The highest BCUT2D eigenvalue weighted by Crippen LogP contribution is 2.18. The Morgan fingerprint density at radius 1 is 1.33 bits per heavy atom. The third-order valence-corrected chi connectivity index (χ3v) is 3.21. The van der Waals surface area contributed by atoms with E-state index in [-0.39, 0.29) is 17.3 Å². The lowest BCUT2D eigenvalue weighted by Gasteiger charge is -2.07. The Kier molecular flexibility index (Phi) is 4.94. The molecular weight excluding hydrogens is 274 g/mol. The number of nitrogen functional groups attached to an aromatic ring is 2. The van der Waals surface area contributed by atoms with Crippen LogP contribution in [0.2, 0.25) is 0 Å². The molecule has 1 unspecified atom stereocenters. The van der Waals surface area contributed by atoms with Crippen LogP contribution in [0.1, 0.15) is 43.2 Å². The van der Waals surface area contributed by atoms with Crippen LogP contribution >= 0.6 is 0 Å². The van der Waals surface area contributed by atoms with Gasteiger partial charge in [-0.15, -0.1) is 0 Å². The van der Waals surface area contributed by atoms with Crippen LogP contribution in [0.15, 0.2) is 21.7 Å². The van der Waals surface area contributed by atoms with Crippen LogP contribution in [0.3, 0.4) is 0 Å². The number of aromatic nitrogens is 3. The summed E-state index contributed by atoms with van der Waals surface area (Å²) in [5, 5.41) is 9.79. The number of H-pyrrole nitrogens is 1. The van der Waals surface area contributed by atoms with E-state index < -0.39 is 6.10 Å². The molecule has 21 heavy (non-hydrogen) atoms. The molecule has 0 amide bonds. The molecule has 0 aromatic carbocycles. The Hall–Kier alpha value is -2.35. The van der Waals surface area contributed by atoms with Crippen molar-refractivity contribution in [3.63, 3.8) is 0 Å². The van der Waals surface area contributed by atoms with Crippen molar-refractivity contribution in [1.29, 1.82) is 0 Å². The van der Waals surface area contributed by atoms with Crippen LogP contribution in [0.25, 0.3) is 0 Å². The van der Waals surface area contributed by atoms with Crippen molar-refractivity contribution < 1.29 is 9.52 Å². The molecule has 0 spiro atoms. The van der Waals surface area contributed by atoms with E-state index in [9.17, 15) is 9.90 Å². The predicted octanol–water partition coefficient (Wildman–Crippen LogP) is 0.759. The zero-order valence-electron chi connectivity index (χ0n) is 11.6. The number of anilines is 2. The second-order valence-electron chi connectivity index (χ2n) is 4.80. The van der Waals surface area contributed by atoms with Gasteiger partial charge in [0.15, 0.2) is 0 Å². The third kappa shape index (κ3) is 4.06. The molecule has 0 aliphatic heterocycles. The molecule has 0 saturated carbocycles. The number of nitrogens with one attached hydrogen (secondary N) is 1. The van der Waals surface area contributed by atoms with Gasteiger partial charge in [0.2, 0.25) is 11.8 Å². The molecular formula is C13H19N5O3.